The van der Waals surface area contributed by atoms with E-state index in [0.29, 0.717) is 0 Å². The highest BCUT2D eigenvalue weighted by Gasteiger charge is 2.32. The topological polar surface area (TPSA) is 104 Å². The van der Waals surface area contributed by atoms with E-state index in [2.05, 4.69) is 5.32 Å². The molecule has 1 fully saturated rings. The molecule has 0 aromatic carbocycles. The molecule has 0 aromatic rings. The van der Waals surface area contributed by atoms with Crippen LogP contribution < -0.4 is 5.32 Å². The van der Waals surface area contributed by atoms with Crippen LogP contribution >= 0.6 is 0 Å². The van der Waals surface area contributed by atoms with Crippen molar-refractivity contribution in [2.24, 2.45) is 0 Å². The van der Waals surface area contributed by atoms with Crippen LogP contribution in [0.25, 0.3) is 0 Å². The van der Waals surface area contributed by atoms with E-state index < -0.39 is 33.9 Å². The first-order valence-corrected chi connectivity index (χ1v) is 7.05. The number of sulfone groups is 1. The van der Waals surface area contributed by atoms with Gasteiger partial charge in [-0.15, -0.1) is 0 Å². The van der Waals surface area contributed by atoms with Crippen molar-refractivity contribution in [2.45, 2.75) is 25.9 Å². The Kier molecular flexibility index (Phi) is 3.97. The Hall–Kier alpha value is -1.31. The molecule has 8 heteroatoms. The summed E-state index contributed by atoms with van der Waals surface area (Å²) >= 11 is 0. The largest absolute Gasteiger partial charge is 0.480 e. The van der Waals surface area contributed by atoms with E-state index in [1.54, 1.807) is 6.92 Å². The van der Waals surface area contributed by atoms with Crippen LogP contribution in [0.1, 0.15) is 13.8 Å². The van der Waals surface area contributed by atoms with Gasteiger partial charge in [-0.25, -0.2) is 13.2 Å². The first-order valence-electron chi connectivity index (χ1n) is 5.23. The maximum atomic E-state index is 11.7. The van der Waals surface area contributed by atoms with Gasteiger partial charge in [-0.2, -0.15) is 0 Å². The van der Waals surface area contributed by atoms with Gasteiger partial charge in [0, 0.05) is 12.6 Å². The zero-order valence-corrected chi connectivity index (χ0v) is 10.5. The van der Waals surface area contributed by atoms with Gasteiger partial charge in [-0.3, -0.25) is 4.79 Å². The molecule has 0 radical (unpaired) electrons. The van der Waals surface area contributed by atoms with Gasteiger partial charge < -0.3 is 15.3 Å². The summed E-state index contributed by atoms with van der Waals surface area (Å²) < 4.78 is 22.6. The molecule has 17 heavy (non-hydrogen) atoms. The lowest BCUT2D eigenvalue weighted by Crippen LogP contribution is -2.55. The van der Waals surface area contributed by atoms with Gasteiger partial charge in [-0.05, 0) is 13.8 Å². The summed E-state index contributed by atoms with van der Waals surface area (Å²) in [5, 5.41) is 10.9. The van der Waals surface area contributed by atoms with Crippen molar-refractivity contribution in [2.75, 3.05) is 18.1 Å². The average molecular weight is 264 g/mol. The van der Waals surface area contributed by atoms with Crippen molar-refractivity contribution in [3.05, 3.63) is 0 Å². The lowest BCUT2D eigenvalue weighted by molar-refractivity contribution is -0.138. The van der Waals surface area contributed by atoms with Crippen molar-refractivity contribution in [1.82, 2.24) is 10.2 Å². The molecule has 1 aliphatic rings. The van der Waals surface area contributed by atoms with Crippen LogP contribution in [0.4, 0.5) is 4.79 Å². The zero-order valence-electron chi connectivity index (χ0n) is 9.71. The average Bonchev–Trinajstić information content (AvgIpc) is 2.15. The Morgan fingerprint density at radius 2 is 2.06 bits per heavy atom. The maximum Gasteiger partial charge on any atom is 0.325 e. The lowest BCUT2D eigenvalue weighted by Gasteiger charge is -2.33. The molecule has 2 N–H and O–H groups in total. The first-order chi connectivity index (χ1) is 7.73. The highest BCUT2D eigenvalue weighted by molar-refractivity contribution is 7.91. The lowest BCUT2D eigenvalue weighted by atomic mass is 10.3. The third kappa shape index (κ3) is 3.58. The third-order valence-electron chi connectivity index (χ3n) is 2.64. The Balaban J connectivity index is 2.63. The van der Waals surface area contributed by atoms with Crippen LogP contribution in [0.3, 0.4) is 0 Å². The minimum Gasteiger partial charge on any atom is -0.480 e. The minimum atomic E-state index is -3.08. The van der Waals surface area contributed by atoms with E-state index in [4.69, 9.17) is 5.11 Å². The monoisotopic (exact) mass is 264 g/mol. The second kappa shape index (κ2) is 4.91. The molecule has 7 nitrogen and oxygen atoms in total. The molecular formula is C9H16N2O5S. The number of amides is 2. The minimum absolute atomic E-state index is 0.0772. The molecule has 2 atom stereocenters. The number of carbonyl (C=O) groups is 2. The van der Waals surface area contributed by atoms with Gasteiger partial charge in [0.05, 0.1) is 11.5 Å². The fourth-order valence-electron chi connectivity index (χ4n) is 1.63. The molecule has 0 aromatic heterocycles. The molecule has 0 saturated carbocycles. The summed E-state index contributed by atoms with van der Waals surface area (Å²) in [7, 11) is -3.08. The zero-order chi connectivity index (χ0) is 13.2. The highest BCUT2D eigenvalue weighted by atomic mass is 32.2. The summed E-state index contributed by atoms with van der Waals surface area (Å²) in [4.78, 5) is 23.6. The number of rotatable bonds is 2. The smallest absolute Gasteiger partial charge is 0.325 e. The van der Waals surface area contributed by atoms with Gasteiger partial charge >= 0.3 is 12.0 Å². The maximum absolute atomic E-state index is 11.7. The predicted octanol–water partition coefficient (Wildman–Crippen LogP) is -0.712. The number of urea groups is 1. The molecule has 0 bridgehead atoms. The molecular weight excluding hydrogens is 248 g/mol. The number of nitrogens with zero attached hydrogens (tertiary/aromatic N) is 1. The molecule has 1 saturated heterocycles. The van der Waals surface area contributed by atoms with Crippen molar-refractivity contribution < 1.29 is 23.1 Å². The number of hydrogen-bond donors (Lipinski definition) is 2. The van der Waals surface area contributed by atoms with Crippen molar-refractivity contribution >= 4 is 21.8 Å². The van der Waals surface area contributed by atoms with Gasteiger partial charge in [0.15, 0.2) is 9.84 Å². The summed E-state index contributed by atoms with van der Waals surface area (Å²) in [6, 6.07) is -1.97. The molecule has 1 rings (SSSR count). The second-order valence-corrected chi connectivity index (χ2v) is 6.39. The number of aliphatic carboxylic acids is 1. The van der Waals surface area contributed by atoms with E-state index in [1.165, 1.54) is 11.8 Å². The molecule has 2 unspecified atom stereocenters. The summed E-state index contributed by atoms with van der Waals surface area (Å²) in [5.74, 6) is -1.29. The molecule has 1 heterocycles. The standard InChI is InChI=1S/C9H16N2O5S/c1-6-5-17(15,16)4-3-11(6)9(14)10-7(2)8(12)13/h6-7H,3-5H2,1-2H3,(H,10,14)(H,12,13). The third-order valence-corrected chi connectivity index (χ3v) is 4.44. The van der Waals surface area contributed by atoms with E-state index in [-0.39, 0.29) is 18.1 Å². The van der Waals surface area contributed by atoms with Gasteiger partial charge in [0.2, 0.25) is 0 Å². The summed E-state index contributed by atoms with van der Waals surface area (Å²) in [6.07, 6.45) is 0. The van der Waals surface area contributed by atoms with E-state index in [1.807, 2.05) is 0 Å². The van der Waals surface area contributed by atoms with E-state index in [9.17, 15) is 18.0 Å². The highest BCUT2D eigenvalue weighted by Crippen LogP contribution is 2.11. The van der Waals surface area contributed by atoms with Crippen LogP contribution in [0, 0.1) is 0 Å². The number of carbonyl (C=O) groups excluding carboxylic acids is 1. The number of carboxylic acid groups (broad SMARTS) is 1. The predicted molar refractivity (Wildman–Crippen MR) is 60.5 cm³/mol. The second-order valence-electron chi connectivity index (χ2n) is 4.17. The van der Waals surface area contributed by atoms with Crippen LogP contribution in [0.2, 0.25) is 0 Å². The fourth-order valence-corrected chi connectivity index (χ4v) is 3.19. The van der Waals surface area contributed by atoms with Gasteiger partial charge in [0.25, 0.3) is 0 Å². The van der Waals surface area contributed by atoms with Crippen molar-refractivity contribution in [3.63, 3.8) is 0 Å². The Bertz CT molecular complexity index is 419. The van der Waals surface area contributed by atoms with E-state index >= 15 is 0 Å². The van der Waals surface area contributed by atoms with Gasteiger partial charge in [0.1, 0.15) is 6.04 Å². The SMILES string of the molecule is CC(NC(=O)N1CCS(=O)(=O)CC1C)C(=O)O. The number of hydrogen-bond acceptors (Lipinski definition) is 4. The summed E-state index contributed by atoms with van der Waals surface area (Å²) in [6.45, 7) is 3.08. The quantitative estimate of drug-likeness (QED) is 0.685. The number of carboxylic acids is 1. The van der Waals surface area contributed by atoms with Crippen molar-refractivity contribution in [1.29, 1.82) is 0 Å². The van der Waals surface area contributed by atoms with Crippen LogP contribution in [0.15, 0.2) is 0 Å². The Labute approximate surface area is 99.7 Å². The molecule has 0 spiro atoms. The normalized spacial score (nSPS) is 25.1. The Morgan fingerprint density at radius 3 is 2.53 bits per heavy atom. The Morgan fingerprint density at radius 1 is 1.47 bits per heavy atom. The molecule has 0 aliphatic carbocycles. The molecule has 98 valence electrons. The summed E-state index contributed by atoms with van der Waals surface area (Å²) in [5.41, 5.74) is 0. The van der Waals surface area contributed by atoms with Crippen LogP contribution in [-0.2, 0) is 14.6 Å². The fraction of sp³-hybridized carbons (Fsp3) is 0.778. The number of nitrogens with one attached hydrogen (secondary N) is 1. The van der Waals surface area contributed by atoms with Crippen LogP contribution in [-0.4, -0.2) is 60.6 Å². The van der Waals surface area contributed by atoms with Gasteiger partial charge in [-0.1, -0.05) is 0 Å². The first kappa shape index (κ1) is 13.8. The molecule has 1 aliphatic heterocycles. The van der Waals surface area contributed by atoms with Crippen molar-refractivity contribution in [3.8, 4) is 0 Å². The van der Waals surface area contributed by atoms with E-state index in [0.717, 1.165) is 0 Å². The molecule has 2 amide bonds. The van der Waals surface area contributed by atoms with Crippen LogP contribution in [0.5, 0.6) is 0 Å².